The molecule has 0 saturated heterocycles. The third-order valence-corrected chi connectivity index (χ3v) is 4.34. The molecule has 0 saturated carbocycles. The second-order valence-electron chi connectivity index (χ2n) is 4.02. The Kier molecular flexibility index (Phi) is 3.08. The maximum absolute atomic E-state index is 12.2. The number of hydrogen-bond acceptors (Lipinski definition) is 4. The third-order valence-electron chi connectivity index (χ3n) is 2.65. The van der Waals surface area contributed by atoms with Gasteiger partial charge in [0.05, 0.1) is 11.4 Å². The molecule has 0 radical (unpaired) electrons. The van der Waals surface area contributed by atoms with Crippen molar-refractivity contribution in [1.82, 2.24) is 4.41 Å². The van der Waals surface area contributed by atoms with Gasteiger partial charge in [-0.05, 0) is 19.1 Å². The van der Waals surface area contributed by atoms with Crippen LogP contribution in [0.3, 0.4) is 0 Å². The van der Waals surface area contributed by atoms with Crippen LogP contribution >= 0.6 is 0 Å². The monoisotopic (exact) mass is 267 g/mol. The van der Waals surface area contributed by atoms with Crippen molar-refractivity contribution in [2.24, 2.45) is 10.8 Å². The van der Waals surface area contributed by atoms with E-state index in [-0.39, 0.29) is 23.6 Å². The minimum atomic E-state index is -3.68. The summed E-state index contributed by atoms with van der Waals surface area (Å²) in [5, 5.41) is 3.75. The molecule has 18 heavy (non-hydrogen) atoms. The largest absolute Gasteiger partial charge is 0.364 e. The van der Waals surface area contributed by atoms with Crippen molar-refractivity contribution in [3.63, 3.8) is 0 Å². The Labute approximate surface area is 105 Å². The SMILES string of the molecule is Cc1ccc(S(=O)(=O)N2CCC(C(N)=O)=N2)cc1. The number of carbonyl (C=O) groups is 1. The molecule has 1 amide bonds. The van der Waals surface area contributed by atoms with Crippen molar-refractivity contribution < 1.29 is 13.2 Å². The maximum atomic E-state index is 12.2. The molecule has 7 heteroatoms. The van der Waals surface area contributed by atoms with Crippen molar-refractivity contribution in [3.8, 4) is 0 Å². The van der Waals surface area contributed by atoms with Crippen LogP contribution in [0.25, 0.3) is 0 Å². The van der Waals surface area contributed by atoms with Gasteiger partial charge in [-0.25, -0.2) is 0 Å². The summed E-state index contributed by atoms with van der Waals surface area (Å²) >= 11 is 0. The lowest BCUT2D eigenvalue weighted by Gasteiger charge is -2.13. The topological polar surface area (TPSA) is 92.8 Å². The third kappa shape index (κ3) is 2.21. The zero-order valence-corrected chi connectivity index (χ0v) is 10.6. The van der Waals surface area contributed by atoms with Crippen LogP contribution in [0, 0.1) is 6.92 Å². The first-order valence-corrected chi connectivity index (χ1v) is 6.82. The van der Waals surface area contributed by atoms with Crippen LogP contribution in [0.2, 0.25) is 0 Å². The maximum Gasteiger partial charge on any atom is 0.279 e. The van der Waals surface area contributed by atoms with Crippen molar-refractivity contribution in [2.45, 2.75) is 18.2 Å². The second kappa shape index (κ2) is 4.41. The fraction of sp³-hybridized carbons (Fsp3) is 0.273. The molecular weight excluding hydrogens is 254 g/mol. The summed E-state index contributed by atoms with van der Waals surface area (Å²) in [7, 11) is -3.68. The van der Waals surface area contributed by atoms with E-state index in [1.165, 1.54) is 12.1 Å². The summed E-state index contributed by atoms with van der Waals surface area (Å²) in [6.07, 6.45) is 0.250. The Hall–Kier alpha value is -1.89. The van der Waals surface area contributed by atoms with Crippen molar-refractivity contribution >= 4 is 21.6 Å². The van der Waals surface area contributed by atoms with Gasteiger partial charge in [0.2, 0.25) is 0 Å². The summed E-state index contributed by atoms with van der Waals surface area (Å²) in [6, 6.07) is 6.45. The van der Waals surface area contributed by atoms with E-state index in [1.54, 1.807) is 12.1 Å². The molecule has 2 rings (SSSR count). The van der Waals surface area contributed by atoms with Crippen LogP contribution in [-0.2, 0) is 14.8 Å². The highest BCUT2D eigenvalue weighted by Crippen LogP contribution is 2.20. The van der Waals surface area contributed by atoms with Gasteiger partial charge < -0.3 is 5.73 Å². The Bertz CT molecular complexity index is 605. The number of sulfonamides is 1. The van der Waals surface area contributed by atoms with Gasteiger partial charge in [-0.15, -0.1) is 0 Å². The molecule has 0 fully saturated rings. The van der Waals surface area contributed by atoms with Gasteiger partial charge in [0.1, 0.15) is 5.71 Å². The highest BCUT2D eigenvalue weighted by Gasteiger charge is 2.29. The molecule has 1 aliphatic heterocycles. The highest BCUT2D eigenvalue weighted by molar-refractivity contribution is 7.89. The van der Waals surface area contributed by atoms with Crippen LogP contribution in [-0.4, -0.2) is 31.0 Å². The van der Waals surface area contributed by atoms with E-state index in [4.69, 9.17) is 5.73 Å². The smallest absolute Gasteiger partial charge is 0.279 e. The number of aryl methyl sites for hydroxylation is 1. The molecule has 0 bridgehead atoms. The molecule has 1 heterocycles. The first-order valence-electron chi connectivity index (χ1n) is 5.38. The zero-order chi connectivity index (χ0) is 13.3. The first-order chi connectivity index (χ1) is 8.41. The number of benzene rings is 1. The summed E-state index contributed by atoms with van der Waals surface area (Å²) in [5.41, 5.74) is 6.13. The summed E-state index contributed by atoms with van der Waals surface area (Å²) in [4.78, 5) is 11.1. The molecule has 1 aromatic carbocycles. The van der Waals surface area contributed by atoms with Gasteiger partial charge in [0.15, 0.2) is 0 Å². The van der Waals surface area contributed by atoms with Crippen LogP contribution in [0.1, 0.15) is 12.0 Å². The van der Waals surface area contributed by atoms with Gasteiger partial charge in [0, 0.05) is 6.42 Å². The normalized spacial score (nSPS) is 15.6. The van der Waals surface area contributed by atoms with Gasteiger partial charge >= 0.3 is 0 Å². The van der Waals surface area contributed by atoms with Crippen molar-refractivity contribution in [3.05, 3.63) is 29.8 Å². The molecule has 0 aliphatic carbocycles. The number of nitrogens with two attached hydrogens (primary N) is 1. The minimum absolute atomic E-state index is 0.0886. The van der Waals surface area contributed by atoms with Gasteiger partial charge in [-0.1, -0.05) is 17.7 Å². The number of primary amides is 1. The Morgan fingerprint density at radius 1 is 1.33 bits per heavy atom. The predicted molar refractivity (Wildman–Crippen MR) is 66.3 cm³/mol. The lowest BCUT2D eigenvalue weighted by Crippen LogP contribution is -2.24. The molecule has 96 valence electrons. The summed E-state index contributed by atoms with van der Waals surface area (Å²) in [5.74, 6) is -0.684. The molecule has 0 unspecified atom stereocenters. The van der Waals surface area contributed by atoms with E-state index in [1.807, 2.05) is 6.92 Å². The average Bonchev–Trinajstić information content (AvgIpc) is 2.79. The Morgan fingerprint density at radius 3 is 2.44 bits per heavy atom. The Balaban J connectivity index is 2.33. The van der Waals surface area contributed by atoms with Crippen molar-refractivity contribution in [2.75, 3.05) is 6.54 Å². The standard InChI is InChI=1S/C11H13N3O3S/c1-8-2-4-9(5-3-8)18(16,17)14-7-6-10(13-14)11(12)15/h2-5H,6-7H2,1H3,(H2,12,15). The number of hydrazone groups is 1. The number of rotatable bonds is 3. The van der Waals surface area contributed by atoms with Gasteiger partial charge in [0.25, 0.3) is 15.9 Å². The number of amides is 1. The minimum Gasteiger partial charge on any atom is -0.364 e. The fourth-order valence-electron chi connectivity index (χ4n) is 1.61. The van der Waals surface area contributed by atoms with E-state index < -0.39 is 15.9 Å². The van der Waals surface area contributed by atoms with Crippen LogP contribution < -0.4 is 5.73 Å². The predicted octanol–water partition coefficient (Wildman–Crippen LogP) is 0.231. The lowest BCUT2D eigenvalue weighted by atomic mass is 10.2. The molecule has 0 spiro atoms. The van der Waals surface area contributed by atoms with E-state index in [0.29, 0.717) is 0 Å². The quantitative estimate of drug-likeness (QED) is 0.849. The van der Waals surface area contributed by atoms with Gasteiger partial charge in [-0.3, -0.25) is 4.79 Å². The Morgan fingerprint density at radius 2 is 1.94 bits per heavy atom. The second-order valence-corrected chi connectivity index (χ2v) is 5.87. The van der Waals surface area contributed by atoms with E-state index in [9.17, 15) is 13.2 Å². The molecule has 0 atom stereocenters. The van der Waals surface area contributed by atoms with Gasteiger partial charge in [-0.2, -0.15) is 17.9 Å². The first kappa shape index (κ1) is 12.6. The molecule has 1 aliphatic rings. The van der Waals surface area contributed by atoms with Crippen LogP contribution in [0.4, 0.5) is 0 Å². The highest BCUT2D eigenvalue weighted by atomic mass is 32.2. The zero-order valence-electron chi connectivity index (χ0n) is 9.83. The summed E-state index contributed by atoms with van der Waals surface area (Å²) < 4.78 is 25.3. The van der Waals surface area contributed by atoms with E-state index in [2.05, 4.69) is 5.10 Å². The van der Waals surface area contributed by atoms with Crippen LogP contribution in [0.15, 0.2) is 34.3 Å². The number of nitrogens with zero attached hydrogens (tertiary/aromatic N) is 2. The van der Waals surface area contributed by atoms with Crippen molar-refractivity contribution in [1.29, 1.82) is 0 Å². The lowest BCUT2D eigenvalue weighted by molar-refractivity contribution is -0.112. The molecule has 6 nitrogen and oxygen atoms in total. The number of carbonyl (C=O) groups excluding carboxylic acids is 1. The molecule has 2 N–H and O–H groups in total. The number of hydrogen-bond donors (Lipinski definition) is 1. The molecule has 0 aromatic heterocycles. The summed E-state index contributed by atoms with van der Waals surface area (Å²) in [6.45, 7) is 2.02. The van der Waals surface area contributed by atoms with E-state index in [0.717, 1.165) is 9.98 Å². The fourth-order valence-corrected chi connectivity index (χ4v) is 2.88. The van der Waals surface area contributed by atoms with E-state index >= 15 is 0 Å². The van der Waals surface area contributed by atoms with Crippen LogP contribution in [0.5, 0.6) is 0 Å². The average molecular weight is 267 g/mol. The molecule has 1 aromatic rings. The molecular formula is C11H13N3O3S.